The summed E-state index contributed by atoms with van der Waals surface area (Å²) in [4.78, 5) is 51.9. The van der Waals surface area contributed by atoms with Crippen LogP contribution in [-0.4, -0.2) is 65.1 Å². The second-order valence-electron chi connectivity index (χ2n) is 11.3. The maximum absolute atomic E-state index is 12.5. The Morgan fingerprint density at radius 1 is 0.845 bits per heavy atom. The number of pyridine rings is 4. The van der Waals surface area contributed by atoms with Crippen molar-refractivity contribution in [2.24, 2.45) is 0 Å². The van der Waals surface area contributed by atoms with Crippen LogP contribution in [0.25, 0.3) is 44.6 Å². The van der Waals surface area contributed by atoms with Crippen LogP contribution in [0.15, 0.2) is 85.3 Å². The molecule has 298 valence electrons. The molecule has 58 heavy (non-hydrogen) atoms. The van der Waals surface area contributed by atoms with Crippen molar-refractivity contribution in [3.8, 4) is 50.5 Å². The molecule has 5 N–H and O–H groups in total. The van der Waals surface area contributed by atoms with Crippen LogP contribution >= 0.6 is 11.3 Å². The van der Waals surface area contributed by atoms with Crippen LogP contribution in [0.3, 0.4) is 0 Å². The molecule has 0 amide bonds. The maximum atomic E-state index is 12.5. The maximum Gasteiger partial charge on any atom is 2.00 e. The van der Waals surface area contributed by atoms with Gasteiger partial charge in [-0.2, -0.15) is 13.2 Å². The van der Waals surface area contributed by atoms with E-state index in [0.717, 1.165) is 34.6 Å². The van der Waals surface area contributed by atoms with Crippen LogP contribution in [0.4, 0.5) is 13.2 Å². The Hall–Kier alpha value is -6.40. The second-order valence-corrected chi connectivity index (χ2v) is 12.6. The van der Waals surface area contributed by atoms with Gasteiger partial charge >= 0.3 is 43.6 Å². The standard InChI is InChI=1S/C20H19F3N3S.C18H11N3O6.CHNS.Ru/c1-2-3-4-5-6-7-15-8-9-18(27-15)14-10-11-26-17(12-14)16(24)13-19(25)20(21,22)23;22-16(23)9-1-3-19-12(5-9)14-7-11(18(26)27)8-15(21-14)13-6-10(17(24)25)2-4-20-13;2-1-3;/h8-13,24-25H,2-5H2,1H3;1-8H,(H,22,23)(H,24,25)(H,26,27);3H;/q-1;;;+2/p-1/b16-13-,25-19?;;;. The SMILES string of the molecule is CCCCCC#Cc1ccc(-c2ccnc(/C([NH-])=C/C(=N)C(F)(F)F)c2)s1.N#C[S-].O=C(O)c1ccnc(-c2cc(C(=O)O)cc(-c3cc(C(=O)O)ccn3)n2)c1.[Ru+2]. The second kappa shape index (κ2) is 23.0. The zero-order chi connectivity index (χ0) is 42.1. The van der Waals surface area contributed by atoms with Crippen molar-refractivity contribution in [1.29, 1.82) is 10.7 Å². The number of aromatic nitrogens is 4. The van der Waals surface area contributed by atoms with E-state index in [1.54, 1.807) is 12.1 Å². The molecular formula is C39H30F3N7O6RuS2. The molecule has 0 unspecified atom stereocenters. The summed E-state index contributed by atoms with van der Waals surface area (Å²) in [6.45, 7) is 2.14. The van der Waals surface area contributed by atoms with Crippen molar-refractivity contribution < 1.29 is 62.4 Å². The van der Waals surface area contributed by atoms with Gasteiger partial charge in [-0.05, 0) is 78.7 Å². The Kier molecular flexibility index (Phi) is 18.9. The minimum atomic E-state index is -4.78. The van der Waals surface area contributed by atoms with Crippen LogP contribution in [0.1, 0.15) is 74.3 Å². The molecule has 0 saturated heterocycles. The molecule has 5 aromatic rings. The molecule has 0 spiro atoms. The number of nitrogens with zero attached hydrogens (tertiary/aromatic N) is 5. The molecule has 5 heterocycles. The number of carboxylic acid groups (broad SMARTS) is 3. The van der Waals surface area contributed by atoms with Crippen LogP contribution in [-0.2, 0) is 32.1 Å². The fourth-order valence-corrected chi connectivity index (χ4v) is 5.41. The Balaban J connectivity index is 0.000000369. The smallest absolute Gasteiger partial charge is 0.697 e. The molecule has 0 aliphatic carbocycles. The van der Waals surface area contributed by atoms with Gasteiger partial charge < -0.3 is 33.7 Å². The molecule has 5 rings (SSSR count). The summed E-state index contributed by atoms with van der Waals surface area (Å²) >= 11 is 5.18. The summed E-state index contributed by atoms with van der Waals surface area (Å²) in [6.07, 6.45) is 3.95. The third kappa shape index (κ3) is 14.6. The number of nitrogens with one attached hydrogen (secondary N) is 2. The van der Waals surface area contributed by atoms with E-state index in [4.69, 9.17) is 26.6 Å². The first kappa shape index (κ1) is 47.8. The molecule has 0 radical (unpaired) electrons. The monoisotopic (exact) mass is 915 g/mol. The van der Waals surface area contributed by atoms with Crippen LogP contribution < -0.4 is 0 Å². The quantitative estimate of drug-likeness (QED) is 0.0243. The van der Waals surface area contributed by atoms with Gasteiger partial charge in [0.1, 0.15) is 5.71 Å². The number of thiophene rings is 1. The fourth-order valence-electron chi connectivity index (χ4n) is 4.53. The van der Waals surface area contributed by atoms with Crippen molar-refractivity contribution in [3.63, 3.8) is 0 Å². The third-order valence-corrected chi connectivity index (χ3v) is 8.30. The summed E-state index contributed by atoms with van der Waals surface area (Å²) in [5.41, 5.74) is 6.96. The summed E-state index contributed by atoms with van der Waals surface area (Å²) in [5, 5.41) is 43.0. The number of carbonyl (C=O) groups is 3. The molecular weight excluding hydrogens is 885 g/mol. The van der Waals surface area contributed by atoms with Crippen molar-refractivity contribution in [1.82, 2.24) is 19.9 Å². The van der Waals surface area contributed by atoms with E-state index < -0.39 is 35.5 Å². The molecule has 0 fully saturated rings. The van der Waals surface area contributed by atoms with Gasteiger partial charge in [-0.1, -0.05) is 37.0 Å². The Morgan fingerprint density at radius 2 is 1.36 bits per heavy atom. The molecule has 5 aromatic heterocycles. The van der Waals surface area contributed by atoms with Gasteiger partial charge in [0.15, 0.2) is 0 Å². The normalized spacial score (nSPS) is 10.4. The third-order valence-electron chi connectivity index (χ3n) is 7.25. The predicted octanol–water partition coefficient (Wildman–Crippen LogP) is 9.03. The average molecular weight is 915 g/mol. The number of alkyl halides is 3. The van der Waals surface area contributed by atoms with Gasteiger partial charge in [-0.3, -0.25) is 20.4 Å². The first-order valence-corrected chi connectivity index (χ1v) is 17.6. The van der Waals surface area contributed by atoms with E-state index in [0.29, 0.717) is 6.08 Å². The van der Waals surface area contributed by atoms with Crippen molar-refractivity contribution in [3.05, 3.63) is 118 Å². The van der Waals surface area contributed by atoms with E-state index in [9.17, 15) is 32.7 Å². The molecule has 0 aliphatic rings. The minimum absolute atomic E-state index is 0. The van der Waals surface area contributed by atoms with Crippen LogP contribution in [0.2, 0.25) is 0 Å². The largest absolute Gasteiger partial charge is 2.00 e. The van der Waals surface area contributed by atoms with Crippen molar-refractivity contribution in [2.45, 2.75) is 38.8 Å². The zero-order valence-corrected chi connectivity index (χ0v) is 33.4. The Bertz CT molecular complexity index is 2330. The van der Waals surface area contributed by atoms with E-state index in [2.05, 4.69) is 51.3 Å². The van der Waals surface area contributed by atoms with E-state index in [1.165, 1.54) is 78.1 Å². The zero-order valence-electron chi connectivity index (χ0n) is 30.0. The molecule has 0 saturated carbocycles. The predicted molar refractivity (Wildman–Crippen MR) is 209 cm³/mol. The van der Waals surface area contributed by atoms with E-state index in [1.807, 2.05) is 12.1 Å². The van der Waals surface area contributed by atoms with Crippen LogP contribution in [0.5, 0.6) is 0 Å². The van der Waals surface area contributed by atoms with E-state index in [-0.39, 0.29) is 64.6 Å². The molecule has 0 aromatic carbocycles. The van der Waals surface area contributed by atoms with Gasteiger partial charge in [-0.25, -0.2) is 24.6 Å². The van der Waals surface area contributed by atoms with Gasteiger partial charge in [0, 0.05) is 35.6 Å². The molecule has 0 aliphatic heterocycles. The van der Waals surface area contributed by atoms with Gasteiger partial charge in [0.05, 0.1) is 44.3 Å². The van der Waals surface area contributed by atoms with Crippen molar-refractivity contribution in [2.75, 3.05) is 0 Å². The number of hydrogen-bond acceptors (Lipinski definition) is 11. The number of aromatic carboxylic acids is 3. The van der Waals surface area contributed by atoms with Gasteiger partial charge in [0.2, 0.25) is 0 Å². The average Bonchev–Trinajstić information content (AvgIpc) is 3.67. The van der Waals surface area contributed by atoms with Crippen molar-refractivity contribution >= 4 is 53.3 Å². The minimum Gasteiger partial charge on any atom is -0.697 e. The Morgan fingerprint density at radius 3 is 1.86 bits per heavy atom. The number of halogens is 3. The number of nitriles is 1. The van der Waals surface area contributed by atoms with Gasteiger partial charge in [0.25, 0.3) is 0 Å². The molecule has 13 nitrogen and oxygen atoms in total. The number of thiocyanates is 1. The molecule has 19 heteroatoms. The Labute approximate surface area is 352 Å². The topological polar surface area (TPSA) is 235 Å². The summed E-state index contributed by atoms with van der Waals surface area (Å²) < 4.78 is 37.4. The molecule has 0 bridgehead atoms. The number of unbranched alkanes of at least 4 members (excludes halogenated alkanes) is 3. The van der Waals surface area contributed by atoms with Gasteiger partial charge in [-0.15, -0.1) is 17.0 Å². The summed E-state index contributed by atoms with van der Waals surface area (Å²) in [7, 11) is 0. The molecule has 0 atom stereocenters. The number of hydrogen-bond donors (Lipinski definition) is 4. The number of rotatable bonds is 11. The number of allylic oxidation sites excluding steroid dienone is 1. The number of carboxylic acids is 3. The van der Waals surface area contributed by atoms with E-state index >= 15 is 0 Å². The first-order chi connectivity index (χ1) is 27.1. The summed E-state index contributed by atoms with van der Waals surface area (Å²) in [6, 6.07) is 14.7. The fraction of sp³-hybridized carbons (Fsp3) is 0.154. The summed E-state index contributed by atoms with van der Waals surface area (Å²) in [5.74, 6) is 2.71. The first-order valence-electron chi connectivity index (χ1n) is 16.4. The van der Waals surface area contributed by atoms with Crippen LogP contribution in [0, 0.1) is 27.9 Å².